The molecule has 1 heterocycles. The molecule has 0 atom stereocenters. The predicted octanol–water partition coefficient (Wildman–Crippen LogP) is 2.15. The third kappa shape index (κ3) is 3.20. The Labute approximate surface area is 128 Å². The molecule has 0 spiro atoms. The minimum Gasteiger partial charge on any atom is -0.397 e. The lowest BCUT2D eigenvalue weighted by Gasteiger charge is -2.26. The van der Waals surface area contributed by atoms with Gasteiger partial charge in [-0.25, -0.2) is 13.6 Å². The summed E-state index contributed by atoms with van der Waals surface area (Å²) >= 11 is 1.68. The zero-order chi connectivity index (χ0) is 15.0. The number of primary sulfonamides is 1. The maximum Gasteiger partial charge on any atom is 0.238 e. The van der Waals surface area contributed by atoms with E-state index in [0.29, 0.717) is 11.7 Å². The van der Waals surface area contributed by atoms with Crippen LogP contribution in [0.5, 0.6) is 0 Å². The summed E-state index contributed by atoms with van der Waals surface area (Å²) in [5, 5.41) is 7.25. The largest absolute Gasteiger partial charge is 0.397 e. The fourth-order valence-electron chi connectivity index (χ4n) is 2.32. The van der Waals surface area contributed by atoms with Crippen LogP contribution < -0.4 is 15.8 Å². The van der Waals surface area contributed by atoms with Crippen molar-refractivity contribution < 1.29 is 8.42 Å². The number of hydrogen-bond donors (Lipinski definition) is 2. The SMILES string of the molecule is Nc1ccc(S(N)(=O)=O)cc1N(Cc1cccs1)C1CC1. The number of benzene rings is 1. The fourth-order valence-corrected chi connectivity index (χ4v) is 3.55. The van der Waals surface area contributed by atoms with Crippen molar-refractivity contribution in [2.24, 2.45) is 5.14 Å². The molecule has 0 radical (unpaired) electrons. The van der Waals surface area contributed by atoms with Crippen molar-refractivity contribution in [1.82, 2.24) is 0 Å². The highest BCUT2D eigenvalue weighted by Gasteiger charge is 2.31. The van der Waals surface area contributed by atoms with Gasteiger partial charge in [-0.1, -0.05) is 6.07 Å². The van der Waals surface area contributed by atoms with E-state index >= 15 is 0 Å². The van der Waals surface area contributed by atoms with Gasteiger partial charge in [0, 0.05) is 10.9 Å². The second kappa shape index (κ2) is 5.32. The van der Waals surface area contributed by atoms with Crippen LogP contribution in [0.2, 0.25) is 0 Å². The minimum absolute atomic E-state index is 0.100. The topological polar surface area (TPSA) is 89.4 Å². The van der Waals surface area contributed by atoms with Crippen LogP contribution in [0.15, 0.2) is 40.6 Å². The molecule has 1 aromatic carbocycles. The van der Waals surface area contributed by atoms with E-state index in [2.05, 4.69) is 11.0 Å². The molecule has 2 aromatic rings. The van der Waals surface area contributed by atoms with Gasteiger partial charge in [0.2, 0.25) is 10.0 Å². The Morgan fingerprint density at radius 3 is 2.62 bits per heavy atom. The van der Waals surface area contributed by atoms with E-state index in [-0.39, 0.29) is 4.90 Å². The number of hydrogen-bond acceptors (Lipinski definition) is 5. The molecule has 0 unspecified atom stereocenters. The monoisotopic (exact) mass is 323 g/mol. The lowest BCUT2D eigenvalue weighted by molar-refractivity contribution is 0.597. The predicted molar refractivity (Wildman–Crippen MR) is 85.8 cm³/mol. The summed E-state index contributed by atoms with van der Waals surface area (Å²) in [6.07, 6.45) is 2.20. The molecular weight excluding hydrogens is 306 g/mol. The average Bonchev–Trinajstić information content (AvgIpc) is 3.13. The number of nitrogens with zero attached hydrogens (tertiary/aromatic N) is 1. The first-order valence-electron chi connectivity index (χ1n) is 6.66. The molecule has 7 heteroatoms. The molecule has 1 aliphatic carbocycles. The van der Waals surface area contributed by atoms with E-state index < -0.39 is 10.0 Å². The van der Waals surface area contributed by atoms with Crippen molar-refractivity contribution in [2.45, 2.75) is 30.3 Å². The molecule has 1 aromatic heterocycles. The Bertz CT molecular complexity index is 738. The maximum atomic E-state index is 11.5. The zero-order valence-corrected chi connectivity index (χ0v) is 13.0. The van der Waals surface area contributed by atoms with Gasteiger partial charge in [0.05, 0.1) is 22.8 Å². The van der Waals surface area contributed by atoms with Gasteiger partial charge in [-0.05, 0) is 42.5 Å². The third-order valence-electron chi connectivity index (χ3n) is 3.53. The highest BCUT2D eigenvalue weighted by molar-refractivity contribution is 7.89. The van der Waals surface area contributed by atoms with Crippen LogP contribution in [0.3, 0.4) is 0 Å². The minimum atomic E-state index is -3.72. The summed E-state index contributed by atoms with van der Waals surface area (Å²) in [6.45, 7) is 0.737. The molecule has 1 aliphatic rings. The van der Waals surface area contributed by atoms with Crippen LogP contribution >= 0.6 is 11.3 Å². The summed E-state index contributed by atoms with van der Waals surface area (Å²) in [5.74, 6) is 0. The first-order chi connectivity index (χ1) is 9.95. The summed E-state index contributed by atoms with van der Waals surface area (Å²) in [7, 11) is -3.72. The van der Waals surface area contributed by atoms with E-state index in [4.69, 9.17) is 10.9 Å². The van der Waals surface area contributed by atoms with Gasteiger partial charge in [-0.2, -0.15) is 0 Å². The molecule has 4 N–H and O–H groups in total. The first-order valence-corrected chi connectivity index (χ1v) is 9.09. The Morgan fingerprint density at radius 2 is 2.05 bits per heavy atom. The average molecular weight is 323 g/mol. The Morgan fingerprint density at radius 1 is 1.29 bits per heavy atom. The summed E-state index contributed by atoms with van der Waals surface area (Å²) in [5.41, 5.74) is 7.38. The highest BCUT2D eigenvalue weighted by Crippen LogP contribution is 2.37. The Hall–Kier alpha value is -1.57. The van der Waals surface area contributed by atoms with Crippen LogP contribution in [0, 0.1) is 0 Å². The number of thiophene rings is 1. The standard InChI is InChI=1S/C14H17N3O2S2/c15-13-6-5-12(21(16,18)19)8-14(13)17(10-3-4-10)9-11-2-1-7-20-11/h1-2,5-8,10H,3-4,9,15H2,(H2,16,18,19). The number of anilines is 2. The lowest BCUT2D eigenvalue weighted by Crippen LogP contribution is -2.26. The van der Waals surface area contributed by atoms with Crippen LogP contribution in [0.1, 0.15) is 17.7 Å². The van der Waals surface area contributed by atoms with Gasteiger partial charge < -0.3 is 10.6 Å². The molecule has 5 nitrogen and oxygen atoms in total. The molecule has 1 saturated carbocycles. The van der Waals surface area contributed by atoms with Crippen LogP contribution in [-0.4, -0.2) is 14.5 Å². The van der Waals surface area contributed by atoms with Crippen LogP contribution in [-0.2, 0) is 16.6 Å². The summed E-state index contributed by atoms with van der Waals surface area (Å²) < 4.78 is 23.1. The van der Waals surface area contributed by atoms with Crippen LogP contribution in [0.25, 0.3) is 0 Å². The zero-order valence-electron chi connectivity index (χ0n) is 11.4. The first kappa shape index (κ1) is 14.4. The molecule has 1 fully saturated rings. The van der Waals surface area contributed by atoms with E-state index in [1.807, 2.05) is 11.4 Å². The lowest BCUT2D eigenvalue weighted by atomic mass is 10.2. The van der Waals surface area contributed by atoms with Gasteiger partial charge in [-0.3, -0.25) is 0 Å². The molecule has 0 amide bonds. The van der Waals surface area contributed by atoms with Gasteiger partial charge in [-0.15, -0.1) is 11.3 Å². The molecular formula is C14H17N3O2S2. The van der Waals surface area contributed by atoms with E-state index in [9.17, 15) is 8.42 Å². The molecule has 21 heavy (non-hydrogen) atoms. The molecule has 3 rings (SSSR count). The number of sulfonamides is 1. The Kier molecular flexibility index (Phi) is 3.64. The van der Waals surface area contributed by atoms with Gasteiger partial charge in [0.1, 0.15) is 0 Å². The van der Waals surface area contributed by atoms with Gasteiger partial charge in [0.15, 0.2) is 0 Å². The quantitative estimate of drug-likeness (QED) is 0.825. The van der Waals surface area contributed by atoms with Crippen LogP contribution in [0.4, 0.5) is 11.4 Å². The van der Waals surface area contributed by atoms with Gasteiger partial charge in [0.25, 0.3) is 0 Å². The molecule has 0 bridgehead atoms. The number of rotatable bonds is 5. The summed E-state index contributed by atoms with van der Waals surface area (Å²) in [4.78, 5) is 3.50. The van der Waals surface area contributed by atoms with E-state index in [1.165, 1.54) is 10.9 Å². The molecule has 112 valence electrons. The Balaban J connectivity index is 1.99. The van der Waals surface area contributed by atoms with Crippen molar-refractivity contribution in [3.05, 3.63) is 40.6 Å². The van der Waals surface area contributed by atoms with Crippen molar-refractivity contribution in [2.75, 3.05) is 10.6 Å². The molecule has 0 aliphatic heterocycles. The van der Waals surface area contributed by atoms with E-state index in [0.717, 1.165) is 25.1 Å². The van der Waals surface area contributed by atoms with Crippen molar-refractivity contribution in [1.29, 1.82) is 0 Å². The second-order valence-corrected chi connectivity index (χ2v) is 7.80. The normalized spacial score (nSPS) is 15.1. The number of nitrogen functional groups attached to an aromatic ring is 1. The third-order valence-corrected chi connectivity index (χ3v) is 5.31. The van der Waals surface area contributed by atoms with Gasteiger partial charge >= 0.3 is 0 Å². The number of nitrogens with two attached hydrogens (primary N) is 2. The fraction of sp³-hybridized carbons (Fsp3) is 0.286. The maximum absolute atomic E-state index is 11.5. The van der Waals surface area contributed by atoms with Crippen molar-refractivity contribution in [3.8, 4) is 0 Å². The summed E-state index contributed by atoms with van der Waals surface area (Å²) in [6, 6.07) is 9.14. The van der Waals surface area contributed by atoms with Crippen molar-refractivity contribution >= 4 is 32.7 Å². The van der Waals surface area contributed by atoms with E-state index in [1.54, 1.807) is 23.5 Å². The highest BCUT2D eigenvalue weighted by atomic mass is 32.2. The molecule has 0 saturated heterocycles. The second-order valence-electron chi connectivity index (χ2n) is 5.20. The smallest absolute Gasteiger partial charge is 0.238 e. The van der Waals surface area contributed by atoms with Crippen molar-refractivity contribution in [3.63, 3.8) is 0 Å².